The maximum Gasteiger partial charge on any atom is 0.146 e. The number of benzene rings is 1. The highest BCUT2D eigenvalue weighted by Crippen LogP contribution is 2.24. The summed E-state index contributed by atoms with van der Waals surface area (Å²) in [6.07, 6.45) is 3.34. The van der Waals surface area contributed by atoms with E-state index in [1.54, 1.807) is 24.5 Å². The van der Waals surface area contributed by atoms with Gasteiger partial charge in [-0.15, -0.1) is 0 Å². The number of rotatable bonds is 3. The summed E-state index contributed by atoms with van der Waals surface area (Å²) in [4.78, 5) is 3.96. The predicted octanol–water partition coefficient (Wildman–Crippen LogP) is 3.11. The van der Waals surface area contributed by atoms with Crippen molar-refractivity contribution >= 4 is 11.0 Å². The molecule has 4 heteroatoms. The second-order valence-electron chi connectivity index (χ2n) is 3.91. The molecule has 0 saturated heterocycles. The standard InChI is InChI=1S/C14H11NO3/c16-11-4-3-10-6-13(18-14(10)7-11)9-17-12-2-1-5-15-8-12/h1-8,16H,9H2. The summed E-state index contributed by atoms with van der Waals surface area (Å²) < 4.78 is 11.1. The zero-order valence-electron chi connectivity index (χ0n) is 9.54. The number of hydrogen-bond acceptors (Lipinski definition) is 4. The average molecular weight is 241 g/mol. The molecular weight excluding hydrogens is 230 g/mol. The summed E-state index contributed by atoms with van der Waals surface area (Å²) in [5.41, 5.74) is 0.653. The molecule has 18 heavy (non-hydrogen) atoms. The normalized spacial score (nSPS) is 10.7. The van der Waals surface area contributed by atoms with Crippen LogP contribution in [-0.4, -0.2) is 10.1 Å². The fourth-order valence-corrected chi connectivity index (χ4v) is 1.73. The molecule has 4 nitrogen and oxygen atoms in total. The van der Waals surface area contributed by atoms with Gasteiger partial charge in [-0.1, -0.05) is 0 Å². The molecule has 0 bridgehead atoms. The number of aromatic nitrogens is 1. The molecule has 3 aromatic rings. The van der Waals surface area contributed by atoms with Crippen LogP contribution in [0, 0.1) is 0 Å². The van der Waals surface area contributed by atoms with Gasteiger partial charge in [0.1, 0.15) is 29.4 Å². The lowest BCUT2D eigenvalue weighted by molar-refractivity contribution is 0.273. The second kappa shape index (κ2) is 4.41. The van der Waals surface area contributed by atoms with Crippen molar-refractivity contribution in [2.24, 2.45) is 0 Å². The largest absolute Gasteiger partial charge is 0.508 e. The van der Waals surface area contributed by atoms with E-state index >= 15 is 0 Å². The van der Waals surface area contributed by atoms with Gasteiger partial charge in [0.25, 0.3) is 0 Å². The van der Waals surface area contributed by atoms with Crippen LogP contribution in [0.5, 0.6) is 11.5 Å². The fourth-order valence-electron chi connectivity index (χ4n) is 1.73. The molecule has 0 amide bonds. The summed E-state index contributed by atoms with van der Waals surface area (Å²) in [7, 11) is 0. The highest BCUT2D eigenvalue weighted by molar-refractivity contribution is 5.79. The Morgan fingerprint density at radius 2 is 2.17 bits per heavy atom. The van der Waals surface area contributed by atoms with Crippen molar-refractivity contribution in [3.8, 4) is 11.5 Å². The predicted molar refractivity (Wildman–Crippen MR) is 66.4 cm³/mol. The van der Waals surface area contributed by atoms with Crippen LogP contribution in [0.4, 0.5) is 0 Å². The summed E-state index contributed by atoms with van der Waals surface area (Å²) >= 11 is 0. The first-order valence-electron chi connectivity index (χ1n) is 5.55. The lowest BCUT2D eigenvalue weighted by Gasteiger charge is -2.01. The highest BCUT2D eigenvalue weighted by atomic mass is 16.5. The van der Waals surface area contributed by atoms with Crippen LogP contribution in [0.25, 0.3) is 11.0 Å². The quantitative estimate of drug-likeness (QED) is 0.765. The van der Waals surface area contributed by atoms with E-state index in [9.17, 15) is 5.11 Å². The Morgan fingerprint density at radius 1 is 1.22 bits per heavy atom. The van der Waals surface area contributed by atoms with Gasteiger partial charge in [0, 0.05) is 17.6 Å². The first-order chi connectivity index (χ1) is 8.81. The molecule has 0 fully saturated rings. The number of hydrogen-bond donors (Lipinski definition) is 1. The van der Waals surface area contributed by atoms with Crippen LogP contribution in [0.3, 0.4) is 0 Å². The lowest BCUT2D eigenvalue weighted by atomic mass is 10.2. The third kappa shape index (κ3) is 2.13. The van der Waals surface area contributed by atoms with E-state index in [0.29, 0.717) is 23.7 Å². The molecular formula is C14H11NO3. The Morgan fingerprint density at radius 3 is 3.00 bits per heavy atom. The van der Waals surface area contributed by atoms with E-state index < -0.39 is 0 Å². The van der Waals surface area contributed by atoms with Gasteiger partial charge in [0.05, 0.1) is 6.20 Å². The van der Waals surface area contributed by atoms with Crippen molar-refractivity contribution in [2.75, 3.05) is 0 Å². The van der Waals surface area contributed by atoms with Gasteiger partial charge in [0.15, 0.2) is 0 Å². The molecule has 0 saturated carbocycles. The van der Waals surface area contributed by atoms with Gasteiger partial charge in [-0.05, 0) is 30.3 Å². The molecule has 0 aliphatic rings. The summed E-state index contributed by atoms with van der Waals surface area (Å²) in [6.45, 7) is 0.334. The van der Waals surface area contributed by atoms with E-state index in [2.05, 4.69) is 4.98 Å². The Hall–Kier alpha value is -2.49. The van der Waals surface area contributed by atoms with Gasteiger partial charge >= 0.3 is 0 Å². The Labute approximate surface area is 103 Å². The monoisotopic (exact) mass is 241 g/mol. The van der Waals surface area contributed by atoms with Gasteiger partial charge in [0.2, 0.25) is 0 Å². The molecule has 1 aromatic carbocycles. The van der Waals surface area contributed by atoms with E-state index in [0.717, 1.165) is 5.39 Å². The van der Waals surface area contributed by atoms with Crippen molar-refractivity contribution in [3.63, 3.8) is 0 Å². The fraction of sp³-hybridized carbons (Fsp3) is 0.0714. The Balaban J connectivity index is 1.79. The van der Waals surface area contributed by atoms with Crippen LogP contribution < -0.4 is 4.74 Å². The third-order valence-electron chi connectivity index (χ3n) is 2.57. The van der Waals surface area contributed by atoms with Gasteiger partial charge in [-0.2, -0.15) is 0 Å². The third-order valence-corrected chi connectivity index (χ3v) is 2.57. The highest BCUT2D eigenvalue weighted by Gasteiger charge is 2.05. The maximum absolute atomic E-state index is 9.35. The minimum Gasteiger partial charge on any atom is -0.508 e. The molecule has 3 rings (SSSR count). The van der Waals surface area contributed by atoms with Crippen LogP contribution in [0.2, 0.25) is 0 Å². The zero-order chi connectivity index (χ0) is 12.4. The number of phenols is 1. The SMILES string of the molecule is Oc1ccc2cc(COc3cccnc3)oc2c1. The summed E-state index contributed by atoms with van der Waals surface area (Å²) in [6, 6.07) is 10.6. The van der Waals surface area contributed by atoms with Gasteiger partial charge < -0.3 is 14.3 Å². The first kappa shape index (κ1) is 10.7. The maximum atomic E-state index is 9.35. The van der Waals surface area contributed by atoms with Crippen molar-refractivity contribution in [1.82, 2.24) is 4.98 Å². The number of ether oxygens (including phenoxy) is 1. The van der Waals surface area contributed by atoms with Crippen LogP contribution >= 0.6 is 0 Å². The van der Waals surface area contributed by atoms with Crippen molar-refractivity contribution in [1.29, 1.82) is 0 Å². The first-order valence-corrected chi connectivity index (χ1v) is 5.55. The molecule has 0 radical (unpaired) electrons. The minimum atomic E-state index is 0.191. The number of fused-ring (bicyclic) bond motifs is 1. The molecule has 0 atom stereocenters. The van der Waals surface area contributed by atoms with Crippen LogP contribution in [0.1, 0.15) is 5.76 Å². The molecule has 90 valence electrons. The summed E-state index contributed by atoms with van der Waals surface area (Å²) in [5, 5.41) is 10.3. The van der Waals surface area contributed by atoms with Gasteiger partial charge in [-0.25, -0.2) is 0 Å². The molecule has 0 aliphatic carbocycles. The van der Waals surface area contributed by atoms with Crippen LogP contribution in [-0.2, 0) is 6.61 Å². The average Bonchev–Trinajstić information content (AvgIpc) is 2.79. The van der Waals surface area contributed by atoms with Crippen molar-refractivity contribution in [2.45, 2.75) is 6.61 Å². The molecule has 0 aliphatic heterocycles. The van der Waals surface area contributed by atoms with Crippen LogP contribution in [0.15, 0.2) is 53.2 Å². The number of pyridine rings is 1. The second-order valence-corrected chi connectivity index (χ2v) is 3.91. The molecule has 1 N–H and O–H groups in total. The molecule has 0 spiro atoms. The lowest BCUT2D eigenvalue weighted by Crippen LogP contribution is -1.93. The van der Waals surface area contributed by atoms with E-state index in [4.69, 9.17) is 9.15 Å². The van der Waals surface area contributed by atoms with Crippen molar-refractivity contribution in [3.05, 3.63) is 54.6 Å². The number of furan rings is 1. The molecule has 0 unspecified atom stereocenters. The summed E-state index contributed by atoms with van der Waals surface area (Å²) in [5.74, 6) is 1.59. The smallest absolute Gasteiger partial charge is 0.146 e. The van der Waals surface area contributed by atoms with Gasteiger partial charge in [-0.3, -0.25) is 4.98 Å². The Bertz CT molecular complexity index is 661. The van der Waals surface area contributed by atoms with Crippen molar-refractivity contribution < 1.29 is 14.3 Å². The Kier molecular flexibility index (Phi) is 2.61. The number of phenolic OH excluding ortho intramolecular Hbond substituents is 1. The molecule has 2 aromatic heterocycles. The zero-order valence-corrected chi connectivity index (χ0v) is 9.54. The number of nitrogens with zero attached hydrogens (tertiary/aromatic N) is 1. The van der Waals surface area contributed by atoms with E-state index in [-0.39, 0.29) is 5.75 Å². The van der Waals surface area contributed by atoms with E-state index in [1.807, 2.05) is 24.3 Å². The minimum absolute atomic E-state index is 0.191. The topological polar surface area (TPSA) is 55.5 Å². The molecule has 2 heterocycles. The number of aromatic hydroxyl groups is 1. The van der Waals surface area contributed by atoms with E-state index in [1.165, 1.54) is 0 Å².